The number of nitrogens with zero attached hydrogens (tertiary/aromatic N) is 2. The molecule has 4 rings (SSSR count). The molecule has 2 heterocycles. The monoisotopic (exact) mass is 335 g/mol. The van der Waals surface area contributed by atoms with E-state index in [1.807, 2.05) is 25.1 Å². The summed E-state index contributed by atoms with van der Waals surface area (Å²) in [6, 6.07) is 10.4. The number of aryl methyl sites for hydroxylation is 1. The lowest BCUT2D eigenvalue weighted by Crippen LogP contribution is -2.44. The van der Waals surface area contributed by atoms with E-state index < -0.39 is 0 Å². The van der Waals surface area contributed by atoms with Gasteiger partial charge in [-0.3, -0.25) is 9.89 Å². The highest BCUT2D eigenvalue weighted by atomic mass is 16.1. The van der Waals surface area contributed by atoms with Crippen LogP contribution >= 0.6 is 0 Å². The number of aromatic nitrogens is 2. The molecule has 0 saturated heterocycles. The maximum Gasteiger partial charge on any atom is 0.177 e. The summed E-state index contributed by atoms with van der Waals surface area (Å²) in [5.74, 6) is 1.00. The van der Waals surface area contributed by atoms with E-state index in [2.05, 4.69) is 36.2 Å². The molecule has 1 aliphatic heterocycles. The van der Waals surface area contributed by atoms with Gasteiger partial charge in [-0.15, -0.1) is 0 Å². The molecule has 1 saturated carbocycles. The van der Waals surface area contributed by atoms with Gasteiger partial charge in [-0.05, 0) is 37.2 Å². The number of H-pyrrole nitrogens is 1. The maximum atomic E-state index is 13.3. The normalized spacial score (nSPS) is 24.4. The second kappa shape index (κ2) is 5.94. The number of aliphatic imine (C=N–C) groups is 1. The van der Waals surface area contributed by atoms with E-state index in [1.165, 1.54) is 5.56 Å². The number of rotatable bonds is 3. The number of carbonyl (C=O) groups is 1. The van der Waals surface area contributed by atoms with Crippen molar-refractivity contribution in [3.63, 3.8) is 0 Å². The number of hydrogen-bond donors (Lipinski definition) is 1. The molecule has 4 heteroatoms. The maximum absolute atomic E-state index is 13.3. The average molecular weight is 335 g/mol. The minimum atomic E-state index is -0.141. The number of fused-ring (bicyclic) bond motifs is 2. The van der Waals surface area contributed by atoms with E-state index in [0.29, 0.717) is 12.2 Å². The van der Waals surface area contributed by atoms with Gasteiger partial charge in [0.2, 0.25) is 0 Å². The van der Waals surface area contributed by atoms with Crippen molar-refractivity contribution in [1.29, 1.82) is 0 Å². The van der Waals surface area contributed by atoms with Gasteiger partial charge < -0.3 is 0 Å². The summed E-state index contributed by atoms with van der Waals surface area (Å²) in [6.45, 7) is 6.41. The van der Waals surface area contributed by atoms with E-state index in [-0.39, 0.29) is 17.3 Å². The van der Waals surface area contributed by atoms with E-state index in [1.54, 1.807) is 0 Å². The van der Waals surface area contributed by atoms with Crippen LogP contribution in [0.2, 0.25) is 0 Å². The number of carbonyl (C=O) groups excluding carboxylic acids is 1. The molecule has 0 spiro atoms. The molecule has 4 nitrogen and oxygen atoms in total. The number of benzene rings is 1. The van der Waals surface area contributed by atoms with Crippen molar-refractivity contribution in [3.8, 4) is 0 Å². The van der Waals surface area contributed by atoms with Crippen LogP contribution in [0.15, 0.2) is 35.3 Å². The Kier molecular flexibility index (Phi) is 3.86. The van der Waals surface area contributed by atoms with Crippen LogP contribution in [0.1, 0.15) is 62.3 Å². The van der Waals surface area contributed by atoms with Gasteiger partial charge in [0.25, 0.3) is 0 Å². The third-order valence-electron chi connectivity index (χ3n) is 6.34. The smallest absolute Gasteiger partial charge is 0.177 e. The van der Waals surface area contributed by atoms with Crippen molar-refractivity contribution in [2.75, 3.05) is 0 Å². The lowest BCUT2D eigenvalue weighted by molar-refractivity contribution is -0.125. The number of hydrogen-bond acceptors (Lipinski definition) is 3. The fourth-order valence-corrected chi connectivity index (χ4v) is 4.66. The Labute approximate surface area is 148 Å². The van der Waals surface area contributed by atoms with Gasteiger partial charge >= 0.3 is 0 Å². The number of Topliss-reactive ketones (excluding diaryl/α,β-unsaturated/α-hetero) is 1. The molecular weight excluding hydrogens is 310 g/mol. The minimum Gasteiger partial charge on any atom is -0.299 e. The van der Waals surface area contributed by atoms with Crippen LogP contribution in [0.25, 0.3) is 0 Å². The Hall–Kier alpha value is -2.23. The standard InChI is InChI=1S/C21H25N3O/c1-4-21(5-2)11-15-19(16(25)12-21)18(14-9-7-6-8-10-14)17-13(3)23-24-20(17)22-15/h6-10,18-19H,4-5,11-12H2,1-3H3,(H,23,24). The molecule has 1 N–H and O–H groups in total. The van der Waals surface area contributed by atoms with Gasteiger partial charge in [0.15, 0.2) is 5.82 Å². The highest BCUT2D eigenvalue weighted by Crippen LogP contribution is 2.51. The van der Waals surface area contributed by atoms with E-state index in [4.69, 9.17) is 4.99 Å². The van der Waals surface area contributed by atoms with Gasteiger partial charge in [0.1, 0.15) is 5.78 Å². The topological polar surface area (TPSA) is 58.1 Å². The molecule has 1 fully saturated rings. The van der Waals surface area contributed by atoms with Crippen LogP contribution in [-0.4, -0.2) is 21.7 Å². The molecular formula is C21H25N3O. The SMILES string of the molecule is CCC1(CC)CC(=O)C2C(=Nc3n[nH]c(C)c3C2c2ccccc2)C1. The van der Waals surface area contributed by atoms with Crippen molar-refractivity contribution >= 4 is 17.3 Å². The number of aromatic amines is 1. The van der Waals surface area contributed by atoms with Crippen LogP contribution in [0.5, 0.6) is 0 Å². The molecule has 1 aromatic carbocycles. The predicted octanol–water partition coefficient (Wildman–Crippen LogP) is 4.72. The summed E-state index contributed by atoms with van der Waals surface area (Å²) in [7, 11) is 0. The lowest BCUT2D eigenvalue weighted by Gasteiger charge is -2.43. The van der Waals surface area contributed by atoms with Gasteiger partial charge in [0.05, 0.1) is 5.92 Å². The first kappa shape index (κ1) is 16.2. The Balaban J connectivity index is 1.88. The third-order valence-corrected chi connectivity index (χ3v) is 6.34. The fourth-order valence-electron chi connectivity index (χ4n) is 4.66. The Bertz CT molecular complexity index is 830. The Morgan fingerprint density at radius 2 is 1.84 bits per heavy atom. The first-order valence-corrected chi connectivity index (χ1v) is 9.28. The zero-order valence-electron chi connectivity index (χ0n) is 15.2. The summed E-state index contributed by atoms with van der Waals surface area (Å²) in [4.78, 5) is 18.1. The Morgan fingerprint density at radius 1 is 1.12 bits per heavy atom. The largest absolute Gasteiger partial charge is 0.299 e. The number of nitrogens with one attached hydrogen (secondary N) is 1. The van der Waals surface area contributed by atoms with Crippen LogP contribution in [-0.2, 0) is 4.79 Å². The lowest BCUT2D eigenvalue weighted by atomic mass is 9.61. The minimum absolute atomic E-state index is 0.0293. The summed E-state index contributed by atoms with van der Waals surface area (Å²) in [5.41, 5.74) is 4.39. The molecule has 2 atom stereocenters. The highest BCUT2D eigenvalue weighted by molar-refractivity contribution is 6.11. The molecule has 1 aromatic heterocycles. The summed E-state index contributed by atoms with van der Waals surface area (Å²) >= 11 is 0. The molecule has 25 heavy (non-hydrogen) atoms. The highest BCUT2D eigenvalue weighted by Gasteiger charge is 2.48. The van der Waals surface area contributed by atoms with Crippen LogP contribution in [0, 0.1) is 18.3 Å². The molecule has 0 radical (unpaired) electrons. The van der Waals surface area contributed by atoms with E-state index >= 15 is 0 Å². The van der Waals surface area contributed by atoms with Crippen molar-refractivity contribution in [2.24, 2.45) is 16.3 Å². The predicted molar refractivity (Wildman–Crippen MR) is 99.5 cm³/mol. The van der Waals surface area contributed by atoms with E-state index in [0.717, 1.165) is 42.0 Å². The zero-order chi connectivity index (χ0) is 17.6. The second-order valence-corrected chi connectivity index (χ2v) is 7.58. The van der Waals surface area contributed by atoms with Gasteiger partial charge in [-0.25, -0.2) is 4.99 Å². The first-order valence-electron chi connectivity index (χ1n) is 9.28. The first-order chi connectivity index (χ1) is 12.1. The molecule has 1 aliphatic carbocycles. The molecule has 2 aliphatic rings. The zero-order valence-corrected chi connectivity index (χ0v) is 15.2. The van der Waals surface area contributed by atoms with Gasteiger partial charge in [-0.2, -0.15) is 5.10 Å². The van der Waals surface area contributed by atoms with Gasteiger partial charge in [0, 0.05) is 29.3 Å². The molecule has 0 amide bonds. The third kappa shape index (κ3) is 2.46. The average Bonchev–Trinajstić information content (AvgIpc) is 3.01. The fraction of sp³-hybridized carbons (Fsp3) is 0.476. The van der Waals surface area contributed by atoms with Crippen LogP contribution in [0.3, 0.4) is 0 Å². The molecule has 0 bridgehead atoms. The van der Waals surface area contributed by atoms with Crippen molar-refractivity contribution in [3.05, 3.63) is 47.2 Å². The molecule has 130 valence electrons. The van der Waals surface area contributed by atoms with Crippen molar-refractivity contribution < 1.29 is 4.79 Å². The van der Waals surface area contributed by atoms with Crippen LogP contribution in [0.4, 0.5) is 5.82 Å². The van der Waals surface area contributed by atoms with E-state index in [9.17, 15) is 4.79 Å². The van der Waals surface area contributed by atoms with Gasteiger partial charge in [-0.1, -0.05) is 44.2 Å². The summed E-state index contributed by atoms with van der Waals surface area (Å²) in [5, 5.41) is 7.51. The molecule has 2 aromatic rings. The van der Waals surface area contributed by atoms with Crippen LogP contribution < -0.4 is 0 Å². The molecule has 2 unspecified atom stereocenters. The summed E-state index contributed by atoms with van der Waals surface area (Å²) in [6.07, 6.45) is 3.61. The second-order valence-electron chi connectivity index (χ2n) is 7.58. The van der Waals surface area contributed by atoms with Crippen molar-refractivity contribution in [1.82, 2.24) is 10.2 Å². The quantitative estimate of drug-likeness (QED) is 0.882. The summed E-state index contributed by atoms with van der Waals surface area (Å²) < 4.78 is 0. The number of ketones is 1. The van der Waals surface area contributed by atoms with Crippen molar-refractivity contribution in [2.45, 2.75) is 52.4 Å². The Morgan fingerprint density at radius 3 is 2.52 bits per heavy atom.